The Morgan fingerprint density at radius 1 is 1.03 bits per heavy atom. The number of carbonyl (C=O) groups excluding carboxylic acids is 1. The molecule has 0 spiro atoms. The molecule has 0 aliphatic heterocycles. The first-order chi connectivity index (χ1) is 17.6. The lowest BCUT2D eigenvalue weighted by molar-refractivity contribution is 0.0872. The minimum Gasteiger partial charge on any atom is -0.493 e. The lowest BCUT2D eigenvalue weighted by Crippen LogP contribution is -2.27. The van der Waals surface area contributed by atoms with Gasteiger partial charge in [-0.15, -0.1) is 0 Å². The first-order valence-corrected chi connectivity index (χ1v) is 12.8. The van der Waals surface area contributed by atoms with Crippen LogP contribution in [0.3, 0.4) is 0 Å². The summed E-state index contributed by atoms with van der Waals surface area (Å²) in [7, 11) is 3.24. The lowest BCUT2D eigenvalue weighted by Gasteiger charge is -2.15. The third-order valence-electron chi connectivity index (χ3n) is 6.36. The van der Waals surface area contributed by atoms with Crippen LogP contribution in [0.1, 0.15) is 56.4 Å². The molecule has 3 rings (SSSR count). The normalized spacial score (nSPS) is 11.8. The minimum absolute atomic E-state index is 0.154. The van der Waals surface area contributed by atoms with Gasteiger partial charge in [-0.05, 0) is 54.2 Å². The van der Waals surface area contributed by atoms with Gasteiger partial charge in [-0.25, -0.2) is 4.98 Å². The van der Waals surface area contributed by atoms with E-state index in [0.29, 0.717) is 36.3 Å². The van der Waals surface area contributed by atoms with Crippen molar-refractivity contribution in [2.24, 2.45) is 5.92 Å². The van der Waals surface area contributed by atoms with Crippen molar-refractivity contribution >= 4 is 5.91 Å². The van der Waals surface area contributed by atoms with Crippen molar-refractivity contribution in [3.8, 4) is 28.3 Å². The number of hydrogen-bond donors (Lipinski definition) is 1. The van der Waals surface area contributed by atoms with Crippen molar-refractivity contribution in [2.45, 2.75) is 46.0 Å². The molecule has 1 N–H and O–H groups in total. The first kappa shape index (κ1) is 27.3. The Morgan fingerprint density at radius 3 is 2.58 bits per heavy atom. The van der Waals surface area contributed by atoms with Gasteiger partial charge < -0.3 is 19.5 Å². The van der Waals surface area contributed by atoms with Crippen molar-refractivity contribution < 1.29 is 19.0 Å². The monoisotopic (exact) mass is 493 g/mol. The highest BCUT2D eigenvalue weighted by molar-refractivity contribution is 5.93. The Hall–Kier alpha value is -3.32. The summed E-state index contributed by atoms with van der Waals surface area (Å²) in [5.74, 6) is 1.82. The average Bonchev–Trinajstić information content (AvgIpc) is 3.42. The highest BCUT2D eigenvalue weighted by atomic mass is 16.5. The second kappa shape index (κ2) is 14.3. The third-order valence-corrected chi connectivity index (χ3v) is 6.36. The molecule has 7 heteroatoms. The summed E-state index contributed by atoms with van der Waals surface area (Å²) in [5, 5.41) is 3.00. The third kappa shape index (κ3) is 7.34. The number of benzene rings is 2. The van der Waals surface area contributed by atoms with E-state index in [9.17, 15) is 4.79 Å². The number of carbonyl (C=O) groups is 1. The number of aromatic nitrogens is 2. The van der Waals surface area contributed by atoms with Crippen LogP contribution in [0.5, 0.6) is 11.5 Å². The summed E-state index contributed by atoms with van der Waals surface area (Å²) >= 11 is 0. The van der Waals surface area contributed by atoms with Crippen molar-refractivity contribution in [1.82, 2.24) is 14.9 Å². The number of nitrogens with one attached hydrogen (secondary N) is 1. The molecular weight excluding hydrogens is 454 g/mol. The molecule has 1 amide bonds. The fourth-order valence-corrected chi connectivity index (χ4v) is 4.13. The number of hydrogen-bond acceptors (Lipinski definition) is 5. The predicted octanol–water partition coefficient (Wildman–Crippen LogP) is 5.91. The van der Waals surface area contributed by atoms with Crippen molar-refractivity contribution in [3.63, 3.8) is 0 Å². The van der Waals surface area contributed by atoms with E-state index in [1.165, 1.54) is 19.3 Å². The van der Waals surface area contributed by atoms with E-state index in [1.54, 1.807) is 31.3 Å². The Morgan fingerprint density at radius 2 is 1.83 bits per heavy atom. The standard InChI is InChI=1S/C29H39N3O4/c1-5-7-10-22(6-2)20-36-16-9-15-31-29(33)26-19-30-21-32(26)25-12-8-11-23(17-25)24-13-14-27(34-3)28(18-24)35-4/h8,11-14,17-19,21-22H,5-7,9-10,15-16,20H2,1-4H3,(H,31,33). The SMILES string of the molecule is CCCCC(CC)COCCCNC(=O)c1cncn1-c1cccc(-c2ccc(OC)c(OC)c2)c1. The van der Waals surface area contributed by atoms with Crippen LogP contribution in [-0.2, 0) is 4.74 Å². The van der Waals surface area contributed by atoms with Gasteiger partial charge in [-0.2, -0.15) is 0 Å². The Kier molecular flexibility index (Phi) is 10.8. The summed E-state index contributed by atoms with van der Waals surface area (Å²) in [6.45, 7) is 6.44. The summed E-state index contributed by atoms with van der Waals surface area (Å²) < 4.78 is 18.4. The van der Waals surface area contributed by atoms with Gasteiger partial charge in [0, 0.05) is 25.4 Å². The van der Waals surface area contributed by atoms with Crippen molar-refractivity contribution in [1.29, 1.82) is 0 Å². The van der Waals surface area contributed by atoms with Crippen LogP contribution in [0.15, 0.2) is 55.0 Å². The van der Waals surface area contributed by atoms with E-state index in [-0.39, 0.29) is 5.91 Å². The number of ether oxygens (including phenoxy) is 3. The molecule has 1 unspecified atom stereocenters. The van der Waals surface area contributed by atoms with Gasteiger partial charge in [0.05, 0.1) is 26.7 Å². The zero-order chi connectivity index (χ0) is 25.8. The Labute approximate surface area is 214 Å². The smallest absolute Gasteiger partial charge is 0.269 e. The van der Waals surface area contributed by atoms with E-state index < -0.39 is 0 Å². The van der Waals surface area contributed by atoms with Gasteiger partial charge in [-0.3, -0.25) is 9.36 Å². The maximum atomic E-state index is 12.9. The maximum absolute atomic E-state index is 12.9. The molecule has 0 radical (unpaired) electrons. The topological polar surface area (TPSA) is 74.6 Å². The molecule has 0 fully saturated rings. The van der Waals surface area contributed by atoms with Gasteiger partial charge in [0.15, 0.2) is 11.5 Å². The van der Waals surface area contributed by atoms with Crippen molar-refractivity contribution in [2.75, 3.05) is 34.0 Å². The summed E-state index contributed by atoms with van der Waals surface area (Å²) in [4.78, 5) is 17.1. The van der Waals surface area contributed by atoms with Crippen LogP contribution in [-0.4, -0.2) is 49.4 Å². The van der Waals surface area contributed by atoms with E-state index in [2.05, 4.69) is 24.1 Å². The van der Waals surface area contributed by atoms with Crippen molar-refractivity contribution in [3.05, 3.63) is 60.7 Å². The molecule has 0 bridgehead atoms. The molecule has 36 heavy (non-hydrogen) atoms. The zero-order valence-corrected chi connectivity index (χ0v) is 22.0. The van der Waals surface area contributed by atoms with Gasteiger partial charge in [0.25, 0.3) is 5.91 Å². The molecule has 194 valence electrons. The van der Waals surface area contributed by atoms with E-state index in [0.717, 1.165) is 36.3 Å². The number of imidazole rings is 1. The molecule has 0 saturated carbocycles. The molecule has 1 aromatic heterocycles. The predicted molar refractivity (Wildman–Crippen MR) is 143 cm³/mol. The summed E-state index contributed by atoms with van der Waals surface area (Å²) in [6, 6.07) is 13.8. The molecule has 0 aliphatic rings. The second-order valence-corrected chi connectivity index (χ2v) is 8.87. The fourth-order valence-electron chi connectivity index (χ4n) is 4.13. The number of rotatable bonds is 15. The van der Waals surface area contributed by atoms with E-state index in [1.807, 2.05) is 42.5 Å². The molecule has 0 saturated heterocycles. The highest BCUT2D eigenvalue weighted by Crippen LogP contribution is 2.33. The number of unbranched alkanes of at least 4 members (excludes halogenated alkanes) is 1. The Bertz CT molecular complexity index is 1100. The minimum atomic E-state index is -0.154. The number of nitrogens with zero attached hydrogens (tertiary/aromatic N) is 2. The van der Waals surface area contributed by atoms with Crippen LogP contribution >= 0.6 is 0 Å². The van der Waals surface area contributed by atoms with Crippen LogP contribution in [0, 0.1) is 5.92 Å². The van der Waals surface area contributed by atoms with E-state index in [4.69, 9.17) is 14.2 Å². The average molecular weight is 494 g/mol. The molecular formula is C29H39N3O4. The van der Waals surface area contributed by atoms with Gasteiger partial charge in [0.2, 0.25) is 0 Å². The largest absolute Gasteiger partial charge is 0.493 e. The maximum Gasteiger partial charge on any atom is 0.269 e. The fraction of sp³-hybridized carbons (Fsp3) is 0.448. The second-order valence-electron chi connectivity index (χ2n) is 8.87. The molecule has 0 aliphatic carbocycles. The van der Waals surface area contributed by atoms with Gasteiger partial charge in [-0.1, -0.05) is 51.3 Å². The lowest BCUT2D eigenvalue weighted by atomic mass is 10.0. The van der Waals surface area contributed by atoms with Crippen LogP contribution in [0.25, 0.3) is 16.8 Å². The molecule has 3 aromatic rings. The molecule has 1 heterocycles. The van der Waals surface area contributed by atoms with Crippen LogP contribution in [0.2, 0.25) is 0 Å². The van der Waals surface area contributed by atoms with Crippen LogP contribution in [0.4, 0.5) is 0 Å². The quantitative estimate of drug-likeness (QED) is 0.267. The van der Waals surface area contributed by atoms with E-state index >= 15 is 0 Å². The molecule has 2 aromatic carbocycles. The summed E-state index contributed by atoms with van der Waals surface area (Å²) in [6.07, 6.45) is 8.87. The zero-order valence-electron chi connectivity index (χ0n) is 22.0. The van der Waals surface area contributed by atoms with Crippen LogP contribution < -0.4 is 14.8 Å². The van der Waals surface area contributed by atoms with Gasteiger partial charge >= 0.3 is 0 Å². The number of amides is 1. The first-order valence-electron chi connectivity index (χ1n) is 12.8. The Balaban J connectivity index is 1.58. The van der Waals surface area contributed by atoms with Gasteiger partial charge in [0.1, 0.15) is 5.69 Å². The highest BCUT2D eigenvalue weighted by Gasteiger charge is 2.14. The molecule has 1 atom stereocenters. The number of methoxy groups -OCH3 is 2. The summed E-state index contributed by atoms with van der Waals surface area (Å²) in [5.41, 5.74) is 3.33. The molecule has 7 nitrogen and oxygen atoms in total.